The van der Waals surface area contributed by atoms with Gasteiger partial charge in [0, 0.05) is 17.3 Å². The van der Waals surface area contributed by atoms with Gasteiger partial charge in [-0.3, -0.25) is 4.40 Å². The average molecular weight is 296 g/mol. The number of benzene rings is 1. The molecule has 0 fully saturated rings. The van der Waals surface area contributed by atoms with Crippen molar-refractivity contribution in [3.63, 3.8) is 0 Å². The van der Waals surface area contributed by atoms with Crippen molar-refractivity contribution in [3.8, 4) is 11.3 Å². The van der Waals surface area contributed by atoms with E-state index < -0.39 is 5.97 Å². The van der Waals surface area contributed by atoms with Crippen LogP contribution < -0.4 is 0 Å². The molecule has 0 radical (unpaired) electrons. The lowest BCUT2D eigenvalue weighted by molar-refractivity contribution is -0.131. The number of pyridine rings is 1. The Morgan fingerprint density at radius 3 is 2.64 bits per heavy atom. The van der Waals surface area contributed by atoms with Crippen molar-refractivity contribution in [1.82, 2.24) is 9.38 Å². The van der Waals surface area contributed by atoms with E-state index in [4.69, 9.17) is 5.11 Å². The van der Waals surface area contributed by atoms with E-state index >= 15 is 0 Å². The van der Waals surface area contributed by atoms with Gasteiger partial charge >= 0.3 is 5.97 Å². The largest absolute Gasteiger partial charge is 0.478 e. The fraction of sp³-hybridized carbons (Fsp3) is 0.0588. The number of rotatable bonds is 3. The molecule has 2 aromatic heterocycles. The van der Waals surface area contributed by atoms with Gasteiger partial charge in [0.2, 0.25) is 0 Å². The van der Waals surface area contributed by atoms with Crippen LogP contribution in [-0.2, 0) is 4.79 Å². The number of hydrogen-bond donors (Lipinski definition) is 1. The van der Waals surface area contributed by atoms with Crippen LogP contribution in [0.15, 0.2) is 48.5 Å². The molecule has 4 nitrogen and oxygen atoms in total. The third-order valence-electron chi connectivity index (χ3n) is 3.38. The highest BCUT2D eigenvalue weighted by Gasteiger charge is 2.13. The molecule has 22 heavy (non-hydrogen) atoms. The maximum Gasteiger partial charge on any atom is 0.328 e. The highest BCUT2D eigenvalue weighted by molar-refractivity contribution is 5.87. The van der Waals surface area contributed by atoms with E-state index in [-0.39, 0.29) is 5.82 Å². The number of imidazole rings is 1. The van der Waals surface area contributed by atoms with Crippen molar-refractivity contribution in [2.75, 3.05) is 0 Å². The first-order valence-corrected chi connectivity index (χ1v) is 6.71. The average Bonchev–Trinajstić information content (AvgIpc) is 2.86. The summed E-state index contributed by atoms with van der Waals surface area (Å²) >= 11 is 0. The van der Waals surface area contributed by atoms with E-state index in [2.05, 4.69) is 4.98 Å². The fourth-order valence-electron chi connectivity index (χ4n) is 2.41. The Bertz CT molecular complexity index is 880. The number of nitrogens with zero attached hydrogens (tertiary/aromatic N) is 2. The maximum atomic E-state index is 13.1. The standard InChI is InChI=1S/C17H13FN2O2/c1-11-3-2-4-15-19-17(12-5-7-13(18)8-6-12)14(20(11)15)9-10-16(21)22/h2-10H,1H3,(H,21,22)/b10-9+. The second kappa shape index (κ2) is 5.44. The molecule has 0 aliphatic heterocycles. The molecule has 3 aromatic rings. The summed E-state index contributed by atoms with van der Waals surface area (Å²) in [6.07, 6.45) is 2.58. The summed E-state index contributed by atoms with van der Waals surface area (Å²) in [5.74, 6) is -1.36. The molecular formula is C17H13FN2O2. The number of carbonyl (C=O) groups is 1. The van der Waals surface area contributed by atoms with Gasteiger partial charge in [-0.15, -0.1) is 0 Å². The number of hydrogen-bond acceptors (Lipinski definition) is 2. The van der Waals surface area contributed by atoms with E-state index in [0.29, 0.717) is 17.0 Å². The highest BCUT2D eigenvalue weighted by atomic mass is 19.1. The molecule has 3 rings (SSSR count). The first-order chi connectivity index (χ1) is 10.6. The van der Waals surface area contributed by atoms with Gasteiger partial charge < -0.3 is 5.11 Å². The topological polar surface area (TPSA) is 54.6 Å². The Morgan fingerprint density at radius 2 is 1.95 bits per heavy atom. The summed E-state index contributed by atoms with van der Waals surface area (Å²) in [5, 5.41) is 8.89. The molecule has 0 saturated carbocycles. The van der Waals surface area contributed by atoms with Crippen LogP contribution in [0.2, 0.25) is 0 Å². The number of carboxylic acid groups (broad SMARTS) is 1. The zero-order chi connectivity index (χ0) is 15.7. The molecule has 1 N–H and O–H groups in total. The highest BCUT2D eigenvalue weighted by Crippen LogP contribution is 2.26. The lowest BCUT2D eigenvalue weighted by Gasteiger charge is -2.03. The van der Waals surface area contributed by atoms with Gasteiger partial charge in [-0.1, -0.05) is 6.07 Å². The van der Waals surface area contributed by atoms with Crippen molar-refractivity contribution in [1.29, 1.82) is 0 Å². The summed E-state index contributed by atoms with van der Waals surface area (Å²) in [6.45, 7) is 1.92. The summed E-state index contributed by atoms with van der Waals surface area (Å²) in [5.41, 5.74) is 3.65. The van der Waals surface area contributed by atoms with Gasteiger partial charge in [-0.05, 0) is 49.4 Å². The minimum atomic E-state index is -1.03. The SMILES string of the molecule is Cc1cccc2nc(-c3ccc(F)cc3)c(/C=C/C(=O)O)n12. The third-order valence-corrected chi connectivity index (χ3v) is 3.38. The molecule has 0 saturated heterocycles. The second-order valence-corrected chi connectivity index (χ2v) is 4.88. The smallest absolute Gasteiger partial charge is 0.328 e. The Kier molecular flexibility index (Phi) is 3.47. The maximum absolute atomic E-state index is 13.1. The van der Waals surface area contributed by atoms with Gasteiger partial charge in [0.25, 0.3) is 0 Å². The van der Waals surface area contributed by atoms with Crippen LogP contribution in [0.1, 0.15) is 11.4 Å². The van der Waals surface area contributed by atoms with Gasteiger partial charge in [0.1, 0.15) is 11.5 Å². The van der Waals surface area contributed by atoms with Crippen LogP contribution >= 0.6 is 0 Å². The second-order valence-electron chi connectivity index (χ2n) is 4.88. The Balaban J connectivity index is 2.29. The van der Waals surface area contributed by atoms with Crippen LogP contribution in [0.4, 0.5) is 4.39 Å². The predicted molar refractivity (Wildman–Crippen MR) is 82.0 cm³/mol. The molecule has 2 heterocycles. The zero-order valence-corrected chi connectivity index (χ0v) is 11.8. The molecule has 0 unspecified atom stereocenters. The van der Waals surface area contributed by atoms with E-state index in [0.717, 1.165) is 17.3 Å². The normalized spacial score (nSPS) is 11.4. The minimum absolute atomic E-state index is 0.327. The number of halogens is 1. The number of aromatic nitrogens is 2. The minimum Gasteiger partial charge on any atom is -0.478 e. The Labute approximate surface area is 126 Å². The quantitative estimate of drug-likeness (QED) is 0.752. The number of aryl methyl sites for hydroxylation is 1. The molecule has 110 valence electrons. The molecule has 0 atom stereocenters. The fourth-order valence-corrected chi connectivity index (χ4v) is 2.41. The summed E-state index contributed by atoms with van der Waals surface area (Å²) in [4.78, 5) is 15.4. The summed E-state index contributed by atoms with van der Waals surface area (Å²) < 4.78 is 15.0. The van der Waals surface area contributed by atoms with Crippen LogP contribution in [0.3, 0.4) is 0 Å². The van der Waals surface area contributed by atoms with Crippen LogP contribution in [0.5, 0.6) is 0 Å². The van der Waals surface area contributed by atoms with Crippen molar-refractivity contribution >= 4 is 17.7 Å². The van der Waals surface area contributed by atoms with Crippen molar-refractivity contribution < 1.29 is 14.3 Å². The van der Waals surface area contributed by atoms with E-state index in [1.807, 2.05) is 29.5 Å². The Morgan fingerprint density at radius 1 is 1.23 bits per heavy atom. The first kappa shape index (κ1) is 14.0. The summed E-state index contributed by atoms with van der Waals surface area (Å²) in [6, 6.07) is 11.6. The first-order valence-electron chi connectivity index (χ1n) is 6.71. The lowest BCUT2D eigenvalue weighted by atomic mass is 10.1. The van der Waals surface area contributed by atoms with Gasteiger partial charge in [0.05, 0.1) is 11.4 Å². The molecule has 5 heteroatoms. The molecule has 0 bridgehead atoms. The van der Waals surface area contributed by atoms with Crippen molar-refractivity contribution in [2.24, 2.45) is 0 Å². The van der Waals surface area contributed by atoms with E-state index in [1.54, 1.807) is 12.1 Å². The van der Waals surface area contributed by atoms with Crippen LogP contribution in [-0.4, -0.2) is 20.5 Å². The predicted octanol–water partition coefficient (Wildman–Crippen LogP) is 3.55. The van der Waals surface area contributed by atoms with Gasteiger partial charge in [-0.2, -0.15) is 0 Å². The molecule has 0 spiro atoms. The summed E-state index contributed by atoms with van der Waals surface area (Å²) in [7, 11) is 0. The lowest BCUT2D eigenvalue weighted by Crippen LogP contribution is -1.94. The van der Waals surface area contributed by atoms with Crippen molar-refractivity contribution in [2.45, 2.75) is 6.92 Å². The number of fused-ring (bicyclic) bond motifs is 1. The molecule has 0 aliphatic carbocycles. The molecule has 1 aromatic carbocycles. The van der Waals surface area contributed by atoms with Gasteiger partial charge in [-0.25, -0.2) is 14.2 Å². The zero-order valence-electron chi connectivity index (χ0n) is 11.8. The van der Waals surface area contributed by atoms with Crippen LogP contribution in [0, 0.1) is 12.7 Å². The number of carboxylic acids is 1. The van der Waals surface area contributed by atoms with Gasteiger partial charge in [0.15, 0.2) is 0 Å². The molecule has 0 amide bonds. The molecule has 0 aliphatic rings. The molecular weight excluding hydrogens is 283 g/mol. The Hall–Kier alpha value is -2.95. The number of aliphatic carboxylic acids is 1. The van der Waals surface area contributed by atoms with E-state index in [1.165, 1.54) is 18.2 Å². The third kappa shape index (κ3) is 2.48. The van der Waals surface area contributed by atoms with Crippen molar-refractivity contribution in [3.05, 3.63) is 65.7 Å². The van der Waals surface area contributed by atoms with Crippen LogP contribution in [0.25, 0.3) is 23.0 Å². The van der Waals surface area contributed by atoms with E-state index in [9.17, 15) is 9.18 Å². The monoisotopic (exact) mass is 296 g/mol.